The average molecular weight is 171 g/mol. The number of fused-ring (bicyclic) bond motifs is 2. The number of rotatable bonds is 3. The molecule has 4 atom stereocenters. The first-order valence-electron chi connectivity index (χ1n) is 4.85. The van der Waals surface area contributed by atoms with Crippen LogP contribution in [0.15, 0.2) is 0 Å². The topological polar surface area (TPSA) is 55.5 Å². The highest BCUT2D eigenvalue weighted by atomic mass is 16.5. The molecule has 0 amide bonds. The van der Waals surface area contributed by atoms with Crippen LogP contribution >= 0.6 is 0 Å². The maximum absolute atomic E-state index is 9.71. The molecule has 0 radical (unpaired) electrons. The van der Waals surface area contributed by atoms with Gasteiger partial charge in [-0.3, -0.25) is 0 Å². The third-order valence-corrected chi connectivity index (χ3v) is 3.11. The van der Waals surface area contributed by atoms with Crippen LogP contribution in [0, 0.1) is 5.92 Å². The molecule has 0 aromatic rings. The summed E-state index contributed by atoms with van der Waals surface area (Å²) in [7, 11) is 0. The van der Waals surface area contributed by atoms with Gasteiger partial charge in [0.1, 0.15) is 0 Å². The zero-order chi connectivity index (χ0) is 8.55. The van der Waals surface area contributed by atoms with E-state index >= 15 is 0 Å². The van der Waals surface area contributed by atoms with Gasteiger partial charge in [0.05, 0.1) is 18.3 Å². The van der Waals surface area contributed by atoms with Crippen molar-refractivity contribution < 1.29 is 9.84 Å². The van der Waals surface area contributed by atoms with Crippen molar-refractivity contribution >= 4 is 0 Å². The van der Waals surface area contributed by atoms with Crippen LogP contribution in [0.1, 0.15) is 25.7 Å². The second kappa shape index (κ2) is 3.32. The van der Waals surface area contributed by atoms with E-state index in [0.29, 0.717) is 24.7 Å². The molecule has 0 saturated carbocycles. The summed E-state index contributed by atoms with van der Waals surface area (Å²) >= 11 is 0. The Morgan fingerprint density at radius 1 is 1.50 bits per heavy atom. The second-order valence-electron chi connectivity index (χ2n) is 3.92. The largest absolute Gasteiger partial charge is 0.393 e. The van der Waals surface area contributed by atoms with Crippen LogP contribution in [0.25, 0.3) is 0 Å². The first-order valence-corrected chi connectivity index (χ1v) is 4.85. The summed E-state index contributed by atoms with van der Waals surface area (Å²) in [5.41, 5.74) is 5.39. The van der Waals surface area contributed by atoms with Gasteiger partial charge in [-0.1, -0.05) is 0 Å². The molecular weight excluding hydrogens is 154 g/mol. The maximum atomic E-state index is 9.71. The average Bonchev–Trinajstić information content (AvgIpc) is 2.64. The zero-order valence-corrected chi connectivity index (χ0v) is 7.28. The van der Waals surface area contributed by atoms with Gasteiger partial charge in [0.2, 0.25) is 0 Å². The van der Waals surface area contributed by atoms with E-state index in [1.54, 1.807) is 0 Å². The summed E-state index contributed by atoms with van der Waals surface area (Å²) in [6, 6.07) is 0. The lowest BCUT2D eigenvalue weighted by Gasteiger charge is -2.23. The number of hydrogen-bond donors (Lipinski definition) is 2. The minimum atomic E-state index is -0.231. The normalized spacial score (nSPS) is 42.0. The van der Waals surface area contributed by atoms with E-state index in [1.807, 2.05) is 0 Å². The van der Waals surface area contributed by atoms with E-state index in [2.05, 4.69) is 0 Å². The van der Waals surface area contributed by atoms with Crippen molar-refractivity contribution in [3.05, 3.63) is 0 Å². The summed E-state index contributed by atoms with van der Waals surface area (Å²) in [6.07, 6.45) is 4.63. The maximum Gasteiger partial charge on any atom is 0.0633 e. The van der Waals surface area contributed by atoms with Crippen LogP contribution in [-0.4, -0.2) is 30.0 Å². The predicted molar refractivity (Wildman–Crippen MR) is 45.7 cm³/mol. The summed E-state index contributed by atoms with van der Waals surface area (Å²) in [5.74, 6) is 0.368. The van der Waals surface area contributed by atoms with Gasteiger partial charge < -0.3 is 15.6 Å². The molecule has 70 valence electrons. The van der Waals surface area contributed by atoms with Crippen LogP contribution in [0.3, 0.4) is 0 Å². The van der Waals surface area contributed by atoms with Gasteiger partial charge in [-0.05, 0) is 32.2 Å². The molecule has 2 aliphatic heterocycles. The van der Waals surface area contributed by atoms with E-state index < -0.39 is 0 Å². The SMILES string of the molecule is NCCC(O)C1CC2CCC1O2. The van der Waals surface area contributed by atoms with Crippen LogP contribution < -0.4 is 5.73 Å². The molecule has 3 heteroatoms. The summed E-state index contributed by atoms with van der Waals surface area (Å²) in [6.45, 7) is 0.578. The van der Waals surface area contributed by atoms with Crippen LogP contribution in [0.2, 0.25) is 0 Å². The van der Waals surface area contributed by atoms with Gasteiger partial charge in [-0.2, -0.15) is 0 Å². The Morgan fingerprint density at radius 2 is 2.33 bits per heavy atom. The summed E-state index contributed by atoms with van der Waals surface area (Å²) in [5, 5.41) is 9.71. The van der Waals surface area contributed by atoms with E-state index in [9.17, 15) is 5.11 Å². The molecule has 0 aromatic heterocycles. The highest BCUT2D eigenvalue weighted by Crippen LogP contribution is 2.40. The van der Waals surface area contributed by atoms with Crippen molar-refractivity contribution in [2.75, 3.05) is 6.54 Å². The van der Waals surface area contributed by atoms with Crippen molar-refractivity contribution in [1.29, 1.82) is 0 Å². The summed E-state index contributed by atoms with van der Waals surface area (Å²) < 4.78 is 5.65. The van der Waals surface area contributed by atoms with Crippen LogP contribution in [0.4, 0.5) is 0 Å². The minimum absolute atomic E-state index is 0.231. The molecule has 0 aromatic carbocycles. The number of aliphatic hydroxyl groups is 1. The molecule has 4 unspecified atom stereocenters. The standard InChI is InChI=1S/C9H17NO2/c10-4-3-8(11)7-5-6-1-2-9(7)12-6/h6-9,11H,1-5,10H2. The molecule has 0 spiro atoms. The van der Waals surface area contributed by atoms with E-state index in [4.69, 9.17) is 10.5 Å². The third-order valence-electron chi connectivity index (χ3n) is 3.11. The quantitative estimate of drug-likeness (QED) is 0.640. The Kier molecular flexibility index (Phi) is 2.35. The molecule has 0 aliphatic carbocycles. The lowest BCUT2D eigenvalue weighted by molar-refractivity contribution is 0.0401. The zero-order valence-electron chi connectivity index (χ0n) is 7.28. The van der Waals surface area contributed by atoms with Gasteiger partial charge >= 0.3 is 0 Å². The Labute approximate surface area is 72.9 Å². The molecule has 2 fully saturated rings. The van der Waals surface area contributed by atoms with Gasteiger partial charge in [0, 0.05) is 5.92 Å². The fraction of sp³-hybridized carbons (Fsp3) is 1.00. The molecule has 2 rings (SSSR count). The molecule has 3 nitrogen and oxygen atoms in total. The van der Waals surface area contributed by atoms with E-state index in [-0.39, 0.29) is 6.10 Å². The van der Waals surface area contributed by atoms with Crippen molar-refractivity contribution in [3.8, 4) is 0 Å². The number of ether oxygens (including phenoxy) is 1. The fourth-order valence-corrected chi connectivity index (χ4v) is 2.47. The number of hydrogen-bond acceptors (Lipinski definition) is 3. The number of nitrogens with two attached hydrogens (primary N) is 1. The predicted octanol–water partition coefficient (Wildman–Crippen LogP) is 0.264. The van der Waals surface area contributed by atoms with Gasteiger partial charge in [0.25, 0.3) is 0 Å². The van der Waals surface area contributed by atoms with Crippen LogP contribution in [0.5, 0.6) is 0 Å². The molecular formula is C9H17NO2. The van der Waals surface area contributed by atoms with Crippen molar-refractivity contribution in [2.24, 2.45) is 11.7 Å². The lowest BCUT2D eigenvalue weighted by atomic mass is 9.84. The second-order valence-corrected chi connectivity index (χ2v) is 3.92. The molecule has 2 bridgehead atoms. The lowest BCUT2D eigenvalue weighted by Crippen LogP contribution is -2.30. The smallest absolute Gasteiger partial charge is 0.0633 e. The van der Waals surface area contributed by atoms with Crippen molar-refractivity contribution in [2.45, 2.75) is 44.0 Å². The summed E-state index contributed by atoms with van der Waals surface area (Å²) in [4.78, 5) is 0. The Morgan fingerprint density at radius 3 is 2.83 bits per heavy atom. The Bertz CT molecular complexity index is 163. The molecule has 3 N–H and O–H groups in total. The van der Waals surface area contributed by atoms with E-state index in [0.717, 1.165) is 19.3 Å². The van der Waals surface area contributed by atoms with Gasteiger partial charge in [-0.15, -0.1) is 0 Å². The molecule has 2 aliphatic rings. The van der Waals surface area contributed by atoms with Crippen molar-refractivity contribution in [3.63, 3.8) is 0 Å². The first kappa shape index (κ1) is 8.48. The molecule has 2 saturated heterocycles. The Balaban J connectivity index is 1.89. The van der Waals surface area contributed by atoms with Gasteiger partial charge in [0.15, 0.2) is 0 Å². The van der Waals surface area contributed by atoms with Crippen LogP contribution in [-0.2, 0) is 4.74 Å². The van der Waals surface area contributed by atoms with Crippen molar-refractivity contribution in [1.82, 2.24) is 0 Å². The third kappa shape index (κ3) is 1.37. The highest BCUT2D eigenvalue weighted by molar-refractivity contribution is 4.92. The minimum Gasteiger partial charge on any atom is -0.393 e. The highest BCUT2D eigenvalue weighted by Gasteiger charge is 2.43. The number of aliphatic hydroxyl groups excluding tert-OH is 1. The molecule has 2 heterocycles. The first-order chi connectivity index (χ1) is 5.81. The monoisotopic (exact) mass is 171 g/mol. The molecule has 12 heavy (non-hydrogen) atoms. The fourth-order valence-electron chi connectivity index (χ4n) is 2.47. The van der Waals surface area contributed by atoms with Gasteiger partial charge in [-0.25, -0.2) is 0 Å². The Hall–Kier alpha value is -0.120. The van der Waals surface area contributed by atoms with E-state index in [1.165, 1.54) is 6.42 Å².